The number of fused-ring (bicyclic) bond motifs is 1. The third-order valence-corrected chi connectivity index (χ3v) is 6.79. The van der Waals surface area contributed by atoms with E-state index >= 15 is 0 Å². The van der Waals surface area contributed by atoms with E-state index in [1.807, 2.05) is 44.2 Å². The molecule has 0 fully saturated rings. The van der Waals surface area contributed by atoms with Crippen LogP contribution < -0.4 is 19.5 Å². The van der Waals surface area contributed by atoms with Gasteiger partial charge in [0.25, 0.3) is 11.8 Å². The first-order valence-corrected chi connectivity index (χ1v) is 14.3. The van der Waals surface area contributed by atoms with Crippen LogP contribution in [0.5, 0.6) is 23.0 Å². The van der Waals surface area contributed by atoms with E-state index in [1.54, 1.807) is 65.7 Å². The molecule has 3 aromatic carbocycles. The van der Waals surface area contributed by atoms with Gasteiger partial charge in [-0.15, -0.1) is 0 Å². The molecule has 10 heteroatoms. The summed E-state index contributed by atoms with van der Waals surface area (Å²) in [5.41, 5.74) is 1.89. The average Bonchev–Trinajstić information content (AvgIpc) is 3.15. The zero-order chi connectivity index (χ0) is 31.1. The monoisotopic (exact) mass is 595 g/mol. The number of carboxylic acids is 1. The molecule has 1 aromatic heterocycles. The highest BCUT2D eigenvalue weighted by molar-refractivity contribution is 6.03. The van der Waals surface area contributed by atoms with Crippen molar-refractivity contribution in [2.45, 2.75) is 20.0 Å². The van der Waals surface area contributed by atoms with Gasteiger partial charge in [-0.25, -0.2) is 4.79 Å². The minimum absolute atomic E-state index is 0.176. The van der Waals surface area contributed by atoms with E-state index < -0.39 is 18.7 Å². The van der Waals surface area contributed by atoms with Gasteiger partial charge in [0.2, 0.25) is 0 Å². The Hall–Kier alpha value is -5.38. The van der Waals surface area contributed by atoms with Crippen molar-refractivity contribution in [2.24, 2.45) is 5.92 Å². The highest BCUT2D eigenvalue weighted by Gasteiger charge is 2.32. The van der Waals surface area contributed by atoms with Crippen LogP contribution in [-0.4, -0.2) is 65.1 Å². The molecule has 0 spiro atoms. The van der Waals surface area contributed by atoms with E-state index in [2.05, 4.69) is 10.3 Å². The van der Waals surface area contributed by atoms with Gasteiger partial charge in [-0.2, -0.15) is 0 Å². The Kier molecular flexibility index (Phi) is 9.39. The summed E-state index contributed by atoms with van der Waals surface area (Å²) in [5.74, 6) is 0.711. The van der Waals surface area contributed by atoms with Gasteiger partial charge < -0.3 is 29.5 Å². The number of nitrogens with zero attached hydrogens (tertiary/aromatic N) is 2. The summed E-state index contributed by atoms with van der Waals surface area (Å²) < 4.78 is 17.4. The number of nitrogens with one attached hydrogen (secondary N) is 1. The van der Waals surface area contributed by atoms with Gasteiger partial charge in [0.1, 0.15) is 34.7 Å². The van der Waals surface area contributed by atoms with Crippen molar-refractivity contribution < 1.29 is 33.7 Å². The quantitative estimate of drug-likeness (QED) is 0.239. The highest BCUT2D eigenvalue weighted by Crippen LogP contribution is 2.34. The molecule has 44 heavy (non-hydrogen) atoms. The first-order valence-electron chi connectivity index (χ1n) is 14.3. The lowest BCUT2D eigenvalue weighted by molar-refractivity contribution is -0.139. The van der Waals surface area contributed by atoms with Crippen LogP contribution in [-0.2, 0) is 4.79 Å². The third-order valence-electron chi connectivity index (χ3n) is 6.79. The maximum absolute atomic E-state index is 13.9. The van der Waals surface area contributed by atoms with Crippen molar-refractivity contribution in [1.82, 2.24) is 15.2 Å². The van der Waals surface area contributed by atoms with Gasteiger partial charge in [-0.1, -0.05) is 32.0 Å². The van der Waals surface area contributed by atoms with E-state index in [1.165, 1.54) is 0 Å². The highest BCUT2D eigenvalue weighted by atomic mass is 16.5. The fraction of sp³-hybridized carbons (Fsp3) is 0.235. The number of hydrogen-bond donors (Lipinski definition) is 2. The number of carbonyl (C=O) groups excluding carboxylic acids is 2. The zero-order valence-corrected chi connectivity index (χ0v) is 24.4. The predicted molar refractivity (Wildman–Crippen MR) is 163 cm³/mol. The number of aromatic nitrogens is 1. The van der Waals surface area contributed by atoms with Crippen LogP contribution in [0.4, 0.5) is 0 Å². The van der Waals surface area contributed by atoms with Gasteiger partial charge >= 0.3 is 5.97 Å². The second-order valence-corrected chi connectivity index (χ2v) is 10.7. The van der Waals surface area contributed by atoms with Crippen molar-refractivity contribution in [3.63, 3.8) is 0 Å². The van der Waals surface area contributed by atoms with Crippen LogP contribution in [0.2, 0.25) is 0 Å². The number of carbonyl (C=O) groups is 3. The molecule has 1 aliphatic rings. The molecule has 2 N–H and O–H groups in total. The van der Waals surface area contributed by atoms with Crippen molar-refractivity contribution in [3.8, 4) is 34.3 Å². The van der Waals surface area contributed by atoms with Crippen molar-refractivity contribution >= 4 is 17.8 Å². The number of benzene rings is 3. The van der Waals surface area contributed by atoms with Crippen molar-refractivity contribution in [1.29, 1.82) is 0 Å². The minimum Gasteiger partial charge on any atom is -0.486 e. The van der Waals surface area contributed by atoms with E-state index in [0.29, 0.717) is 51.9 Å². The van der Waals surface area contributed by atoms with Gasteiger partial charge in [0.05, 0.1) is 18.8 Å². The average molecular weight is 596 g/mol. The molecule has 226 valence electrons. The van der Waals surface area contributed by atoms with Crippen molar-refractivity contribution in [3.05, 3.63) is 102 Å². The summed E-state index contributed by atoms with van der Waals surface area (Å²) in [6, 6.07) is 24.6. The number of pyridine rings is 1. The molecule has 2 heterocycles. The molecule has 1 atom stereocenters. The van der Waals surface area contributed by atoms with Gasteiger partial charge in [0.15, 0.2) is 6.61 Å². The smallest absolute Gasteiger partial charge is 0.341 e. The van der Waals surface area contributed by atoms with E-state index in [0.717, 1.165) is 0 Å². The number of rotatable bonds is 11. The van der Waals surface area contributed by atoms with E-state index in [9.17, 15) is 14.4 Å². The maximum Gasteiger partial charge on any atom is 0.341 e. The number of ether oxygens (including phenoxy) is 3. The molecule has 5 rings (SSSR count). The summed E-state index contributed by atoms with van der Waals surface area (Å²) in [6.07, 6.45) is 1.06. The Morgan fingerprint density at radius 1 is 0.977 bits per heavy atom. The van der Waals surface area contributed by atoms with Crippen LogP contribution >= 0.6 is 0 Å². The van der Waals surface area contributed by atoms with Crippen LogP contribution in [0.15, 0.2) is 91.1 Å². The van der Waals surface area contributed by atoms with Crippen LogP contribution in [0.25, 0.3) is 11.3 Å². The zero-order valence-electron chi connectivity index (χ0n) is 24.4. The van der Waals surface area contributed by atoms with Crippen LogP contribution in [0.3, 0.4) is 0 Å². The van der Waals surface area contributed by atoms with Gasteiger partial charge in [-0.05, 0) is 72.6 Å². The lowest BCUT2D eigenvalue weighted by atomic mass is 10.0. The molecule has 0 saturated carbocycles. The Morgan fingerprint density at radius 3 is 2.34 bits per heavy atom. The predicted octanol–water partition coefficient (Wildman–Crippen LogP) is 5.29. The number of aliphatic carboxylic acids is 1. The molecular formula is C34H33N3O7. The molecule has 0 radical (unpaired) electrons. The van der Waals surface area contributed by atoms with Gasteiger partial charge in [-0.3, -0.25) is 14.6 Å². The molecule has 0 bridgehead atoms. The van der Waals surface area contributed by atoms with E-state index in [-0.39, 0.29) is 30.8 Å². The topological polar surface area (TPSA) is 127 Å². The summed E-state index contributed by atoms with van der Waals surface area (Å²) in [4.78, 5) is 44.0. The molecule has 1 aliphatic heterocycles. The fourth-order valence-corrected chi connectivity index (χ4v) is 4.84. The maximum atomic E-state index is 13.9. The number of carboxylic acid groups (broad SMARTS) is 1. The second kappa shape index (κ2) is 13.7. The Morgan fingerprint density at radius 2 is 1.66 bits per heavy atom. The number of para-hydroxylation sites is 1. The molecule has 0 saturated heterocycles. The molecule has 1 unspecified atom stereocenters. The minimum atomic E-state index is -1.07. The largest absolute Gasteiger partial charge is 0.486 e. The molecule has 4 aromatic rings. The normalized spacial score (nSPS) is 14.3. The first kappa shape index (κ1) is 30.1. The SMILES string of the molecule is CC(C)CN1CC(CNC(=O)c2ccc(Oc3ccccc3)cc2)Oc2ccnc(-c3ccc(OCC(=O)O)cc3)c2C1=O. The summed E-state index contributed by atoms with van der Waals surface area (Å²) >= 11 is 0. The lowest BCUT2D eigenvalue weighted by Crippen LogP contribution is -2.44. The molecule has 10 nitrogen and oxygen atoms in total. The summed E-state index contributed by atoms with van der Waals surface area (Å²) in [7, 11) is 0. The van der Waals surface area contributed by atoms with Gasteiger partial charge in [0, 0.05) is 23.9 Å². The fourth-order valence-electron chi connectivity index (χ4n) is 4.84. The Bertz CT molecular complexity index is 1610. The molecular weight excluding hydrogens is 562 g/mol. The number of amides is 2. The van der Waals surface area contributed by atoms with Crippen LogP contribution in [0.1, 0.15) is 34.6 Å². The first-order chi connectivity index (χ1) is 21.3. The van der Waals surface area contributed by atoms with E-state index in [4.69, 9.17) is 19.3 Å². The summed E-state index contributed by atoms with van der Waals surface area (Å²) in [5, 5.41) is 11.8. The molecule has 2 amide bonds. The molecule has 0 aliphatic carbocycles. The van der Waals surface area contributed by atoms with Crippen LogP contribution in [0, 0.1) is 5.92 Å². The summed E-state index contributed by atoms with van der Waals surface area (Å²) in [6.45, 7) is 4.54. The second-order valence-electron chi connectivity index (χ2n) is 10.7. The lowest BCUT2D eigenvalue weighted by Gasteiger charge is -2.26. The number of hydrogen-bond acceptors (Lipinski definition) is 7. The Balaban J connectivity index is 1.32. The third kappa shape index (κ3) is 7.52. The van der Waals surface area contributed by atoms with Crippen molar-refractivity contribution in [2.75, 3.05) is 26.2 Å². The Labute approximate surface area is 255 Å². The standard InChI is InChI=1S/C34H33N3O7/c1-22(2)19-37-20-28(18-36-33(40)24-10-14-27(15-11-24)43-26-6-4-3-5-7-26)44-29-16-17-35-32(31(29)34(37)41)23-8-12-25(13-9-23)42-21-30(38)39/h3-17,22,28H,18-21H2,1-2H3,(H,36,40)(H,38,39).